The number of nitrogens with zero attached hydrogens (tertiary/aromatic N) is 3. The molecule has 4 rings (SSSR count). The van der Waals surface area contributed by atoms with Gasteiger partial charge in [0.2, 0.25) is 15.9 Å². The molecule has 2 heterocycles. The van der Waals surface area contributed by atoms with Crippen molar-refractivity contribution < 1.29 is 35.9 Å². The number of benzene rings is 2. The van der Waals surface area contributed by atoms with Crippen LogP contribution in [0.5, 0.6) is 5.75 Å². The highest BCUT2D eigenvalue weighted by atomic mass is 32.2. The minimum Gasteiger partial charge on any atom is -0.406 e. The van der Waals surface area contributed by atoms with Crippen LogP contribution in [0.2, 0.25) is 0 Å². The Labute approximate surface area is 224 Å². The number of nitrogens with one attached hydrogen (secondary N) is 1. The Morgan fingerprint density at radius 2 is 1.87 bits per heavy atom. The first kappa shape index (κ1) is 28.3. The van der Waals surface area contributed by atoms with E-state index in [9.17, 15) is 31.2 Å². The summed E-state index contributed by atoms with van der Waals surface area (Å²) in [7, 11) is -2.21. The lowest BCUT2D eigenvalue weighted by Crippen LogP contribution is -2.50. The number of anilines is 1. The van der Waals surface area contributed by atoms with E-state index in [2.05, 4.69) is 15.0 Å². The summed E-state index contributed by atoms with van der Waals surface area (Å²) in [4.78, 5) is 30.5. The van der Waals surface area contributed by atoms with Gasteiger partial charge in [-0.15, -0.1) is 13.2 Å². The average molecular weight is 565 g/mol. The number of halogens is 3. The molecule has 13 heteroatoms. The lowest BCUT2D eigenvalue weighted by atomic mass is 9.89. The minimum absolute atomic E-state index is 0.0280. The number of hydrogen-bond donors (Lipinski definition) is 1. The maximum Gasteiger partial charge on any atom is 0.573 e. The van der Waals surface area contributed by atoms with Gasteiger partial charge in [-0.2, -0.15) is 4.31 Å². The SMILES string of the molecule is CC(=O)N(C)c1ccc(C)c(C=CS(=O)(=O)N2CCC3(CC2)N=C(c2cccc(OC(F)(F)F)c2)NC3=O)c1. The van der Waals surface area contributed by atoms with E-state index < -0.39 is 33.6 Å². The van der Waals surface area contributed by atoms with Crippen LogP contribution in [0.15, 0.2) is 52.9 Å². The molecular formula is C26H27F3N4O5S. The summed E-state index contributed by atoms with van der Waals surface area (Å²) in [6.07, 6.45) is -3.18. The van der Waals surface area contributed by atoms with Gasteiger partial charge in [-0.1, -0.05) is 18.2 Å². The molecule has 9 nitrogen and oxygen atoms in total. The van der Waals surface area contributed by atoms with Crippen LogP contribution in [0.4, 0.5) is 18.9 Å². The number of piperidine rings is 1. The summed E-state index contributed by atoms with van der Waals surface area (Å²) in [5, 5.41) is 3.71. The van der Waals surface area contributed by atoms with Crippen LogP contribution >= 0.6 is 0 Å². The molecule has 1 fully saturated rings. The second-order valence-corrected chi connectivity index (χ2v) is 11.2. The van der Waals surface area contributed by atoms with Crippen LogP contribution in [0.3, 0.4) is 0 Å². The zero-order valence-corrected chi connectivity index (χ0v) is 22.3. The van der Waals surface area contributed by atoms with Crippen molar-refractivity contribution in [2.45, 2.75) is 38.6 Å². The molecule has 0 aliphatic carbocycles. The molecule has 2 aromatic rings. The monoisotopic (exact) mass is 564 g/mol. The van der Waals surface area contributed by atoms with Gasteiger partial charge in [-0.3, -0.25) is 14.6 Å². The first-order chi connectivity index (χ1) is 18.2. The van der Waals surface area contributed by atoms with Crippen molar-refractivity contribution in [1.29, 1.82) is 0 Å². The number of carbonyl (C=O) groups is 2. The Morgan fingerprint density at radius 3 is 2.51 bits per heavy atom. The van der Waals surface area contributed by atoms with E-state index in [-0.39, 0.29) is 43.2 Å². The summed E-state index contributed by atoms with van der Waals surface area (Å²) >= 11 is 0. The number of aryl methyl sites for hydroxylation is 1. The third kappa shape index (κ3) is 6.31. The molecule has 1 spiro atoms. The number of ether oxygens (including phenoxy) is 1. The van der Waals surface area contributed by atoms with Gasteiger partial charge >= 0.3 is 6.36 Å². The minimum atomic E-state index is -4.86. The van der Waals surface area contributed by atoms with Gasteiger partial charge in [0.25, 0.3) is 5.91 Å². The van der Waals surface area contributed by atoms with E-state index in [1.54, 1.807) is 25.2 Å². The lowest BCUT2D eigenvalue weighted by Gasteiger charge is -2.34. The van der Waals surface area contributed by atoms with Gasteiger partial charge in [-0.05, 0) is 61.2 Å². The Bertz CT molecular complexity index is 1460. The van der Waals surface area contributed by atoms with Crippen molar-refractivity contribution in [1.82, 2.24) is 9.62 Å². The molecule has 0 saturated carbocycles. The smallest absolute Gasteiger partial charge is 0.406 e. The third-order valence-corrected chi connectivity index (χ3v) is 8.34. The van der Waals surface area contributed by atoms with E-state index in [4.69, 9.17) is 0 Å². The molecule has 208 valence electrons. The van der Waals surface area contributed by atoms with Crippen molar-refractivity contribution in [2.75, 3.05) is 25.0 Å². The highest BCUT2D eigenvalue weighted by molar-refractivity contribution is 7.92. The standard InChI is InChI=1S/C26H27F3N4O5S/c1-17-7-8-21(32(3)18(2)34)15-19(17)9-14-39(36,37)33-12-10-25(11-13-33)24(35)30-23(31-25)20-5-4-6-22(16-20)38-26(27,28)29/h4-9,14-16H,10-13H2,1-3H3,(H,30,31,35). The average Bonchev–Trinajstić information content (AvgIpc) is 3.17. The molecule has 0 atom stereocenters. The fourth-order valence-electron chi connectivity index (χ4n) is 4.39. The first-order valence-electron chi connectivity index (χ1n) is 12.0. The van der Waals surface area contributed by atoms with Gasteiger partial charge in [0.05, 0.1) is 0 Å². The molecule has 0 radical (unpaired) electrons. The van der Waals surface area contributed by atoms with Crippen LogP contribution in [0.25, 0.3) is 6.08 Å². The van der Waals surface area contributed by atoms with Crippen LogP contribution in [0, 0.1) is 6.92 Å². The number of carbonyl (C=O) groups excluding carboxylic acids is 2. The van der Waals surface area contributed by atoms with E-state index in [1.165, 1.54) is 34.3 Å². The maximum absolute atomic E-state index is 13.1. The zero-order chi connectivity index (χ0) is 28.6. The number of sulfonamides is 1. The number of amidine groups is 1. The second-order valence-electron chi connectivity index (χ2n) is 9.39. The van der Waals surface area contributed by atoms with Crippen LogP contribution in [-0.4, -0.2) is 62.4 Å². The van der Waals surface area contributed by atoms with Gasteiger partial charge < -0.3 is 15.0 Å². The molecule has 1 N–H and O–H groups in total. The molecule has 0 bridgehead atoms. The molecule has 0 aromatic heterocycles. The Balaban J connectivity index is 1.48. The first-order valence-corrected chi connectivity index (χ1v) is 13.5. The summed E-state index contributed by atoms with van der Waals surface area (Å²) in [5.74, 6) is -0.934. The van der Waals surface area contributed by atoms with Crippen molar-refractivity contribution in [3.8, 4) is 5.75 Å². The predicted octanol–water partition coefficient (Wildman–Crippen LogP) is 3.59. The van der Waals surface area contributed by atoms with E-state index >= 15 is 0 Å². The second kappa shape index (κ2) is 10.5. The number of amides is 2. The highest BCUT2D eigenvalue weighted by Gasteiger charge is 2.47. The lowest BCUT2D eigenvalue weighted by molar-refractivity contribution is -0.274. The van der Waals surface area contributed by atoms with E-state index in [0.717, 1.165) is 23.1 Å². The predicted molar refractivity (Wildman–Crippen MR) is 140 cm³/mol. The van der Waals surface area contributed by atoms with Gasteiger partial charge in [0.15, 0.2) is 0 Å². The van der Waals surface area contributed by atoms with Crippen LogP contribution < -0.4 is 15.0 Å². The molecule has 39 heavy (non-hydrogen) atoms. The molecule has 1 saturated heterocycles. The number of hydrogen-bond acceptors (Lipinski definition) is 6. The quantitative estimate of drug-likeness (QED) is 0.577. The molecule has 2 aromatic carbocycles. The Kier molecular flexibility index (Phi) is 7.59. The van der Waals surface area contributed by atoms with E-state index in [1.807, 2.05) is 6.92 Å². The van der Waals surface area contributed by atoms with E-state index in [0.29, 0.717) is 11.3 Å². The topological polar surface area (TPSA) is 108 Å². The third-order valence-electron chi connectivity index (χ3n) is 6.77. The maximum atomic E-state index is 13.1. The van der Waals surface area contributed by atoms with Crippen LogP contribution in [0.1, 0.15) is 36.5 Å². The molecular weight excluding hydrogens is 537 g/mol. The zero-order valence-electron chi connectivity index (χ0n) is 21.4. The van der Waals surface area contributed by atoms with Crippen molar-refractivity contribution >= 4 is 39.4 Å². The number of aliphatic imine (C=N–C) groups is 1. The fraction of sp³-hybridized carbons (Fsp3) is 0.346. The molecule has 2 amide bonds. The largest absolute Gasteiger partial charge is 0.573 e. The summed E-state index contributed by atoms with van der Waals surface area (Å²) in [6.45, 7) is 3.31. The normalized spacial score (nSPS) is 17.8. The molecule has 0 unspecified atom stereocenters. The number of rotatable bonds is 6. The van der Waals surface area contributed by atoms with Crippen molar-refractivity contribution in [3.63, 3.8) is 0 Å². The van der Waals surface area contributed by atoms with Crippen LogP contribution in [-0.2, 0) is 19.6 Å². The van der Waals surface area contributed by atoms with Gasteiger partial charge in [-0.25, -0.2) is 8.42 Å². The highest BCUT2D eigenvalue weighted by Crippen LogP contribution is 2.33. The van der Waals surface area contributed by atoms with Gasteiger partial charge in [0.1, 0.15) is 17.1 Å². The summed E-state index contributed by atoms with van der Waals surface area (Å²) in [6, 6.07) is 10.4. The fourth-order valence-corrected chi connectivity index (χ4v) is 5.57. The Hall–Kier alpha value is -3.71. The van der Waals surface area contributed by atoms with Crippen molar-refractivity contribution in [2.24, 2.45) is 4.99 Å². The van der Waals surface area contributed by atoms with Crippen molar-refractivity contribution in [3.05, 3.63) is 64.6 Å². The van der Waals surface area contributed by atoms with Gasteiger partial charge in [0, 0.05) is 43.7 Å². The Morgan fingerprint density at radius 1 is 1.18 bits per heavy atom. The molecule has 2 aliphatic heterocycles. The number of alkyl halides is 3. The summed E-state index contributed by atoms with van der Waals surface area (Å²) in [5.41, 5.74) is 1.12. The molecule has 2 aliphatic rings. The summed E-state index contributed by atoms with van der Waals surface area (Å²) < 4.78 is 69.1.